The zero-order valence-electron chi connectivity index (χ0n) is 12.8. The number of hydrogen-bond acceptors (Lipinski definition) is 5. The highest BCUT2D eigenvalue weighted by atomic mass is 32.1. The molecular formula is C17H17N3O3S. The van der Waals surface area contributed by atoms with E-state index in [0.717, 1.165) is 28.0 Å². The molecular weight excluding hydrogens is 326 g/mol. The Morgan fingerprint density at radius 2 is 2.25 bits per heavy atom. The number of rotatable bonds is 6. The molecule has 2 aromatic heterocycles. The minimum atomic E-state index is -0.581. The number of imidazole rings is 1. The number of nitrogens with one attached hydrogen (secondary N) is 1. The monoisotopic (exact) mass is 343 g/mol. The molecule has 3 aromatic rings. The van der Waals surface area contributed by atoms with Gasteiger partial charge in [0.1, 0.15) is 5.82 Å². The minimum absolute atomic E-state index is 0.125. The number of aromatic nitrogens is 2. The molecule has 0 saturated carbocycles. The molecule has 2 heterocycles. The number of hydroxylamine groups is 1. The molecule has 1 amide bonds. The van der Waals surface area contributed by atoms with Gasteiger partial charge in [0.2, 0.25) is 0 Å². The van der Waals surface area contributed by atoms with E-state index < -0.39 is 5.91 Å². The Hall–Kier alpha value is -2.48. The second-order valence-electron chi connectivity index (χ2n) is 5.23. The van der Waals surface area contributed by atoms with Crippen LogP contribution in [0.2, 0.25) is 0 Å². The molecule has 3 rings (SSSR count). The topological polar surface area (TPSA) is 87.4 Å². The van der Waals surface area contributed by atoms with Gasteiger partial charge in [0.15, 0.2) is 0 Å². The van der Waals surface area contributed by atoms with Crippen molar-refractivity contribution in [3.8, 4) is 11.4 Å². The SMILES string of the molecule is O=C(C=Cc1ccc2c(c1)nc(-c1ccsc1)n2CCCO)NO. The fourth-order valence-corrected chi connectivity index (χ4v) is 3.16. The summed E-state index contributed by atoms with van der Waals surface area (Å²) in [4.78, 5) is 15.8. The molecule has 0 spiro atoms. The number of aryl methyl sites for hydroxylation is 1. The first-order valence-electron chi connectivity index (χ1n) is 7.49. The largest absolute Gasteiger partial charge is 0.396 e. The fraction of sp³-hybridized carbons (Fsp3) is 0.176. The van der Waals surface area contributed by atoms with Crippen molar-refractivity contribution in [2.45, 2.75) is 13.0 Å². The highest BCUT2D eigenvalue weighted by Gasteiger charge is 2.13. The van der Waals surface area contributed by atoms with Gasteiger partial charge >= 0.3 is 0 Å². The number of carbonyl (C=O) groups is 1. The maximum absolute atomic E-state index is 11.1. The number of amides is 1. The average Bonchev–Trinajstić information content (AvgIpc) is 3.24. The maximum atomic E-state index is 11.1. The second kappa shape index (κ2) is 7.39. The van der Waals surface area contributed by atoms with E-state index in [1.165, 1.54) is 6.08 Å². The van der Waals surface area contributed by atoms with Crippen LogP contribution in [0.1, 0.15) is 12.0 Å². The van der Waals surface area contributed by atoms with E-state index in [4.69, 9.17) is 15.3 Å². The molecule has 0 atom stereocenters. The van der Waals surface area contributed by atoms with Crippen LogP contribution in [-0.2, 0) is 11.3 Å². The van der Waals surface area contributed by atoms with Gasteiger partial charge in [-0.05, 0) is 41.6 Å². The molecule has 0 saturated heterocycles. The lowest BCUT2D eigenvalue weighted by Crippen LogP contribution is -2.14. The standard InChI is InChI=1S/C17H17N3O3S/c21-8-1-7-20-15-4-2-12(3-5-16(22)19-23)10-14(15)18-17(20)13-6-9-24-11-13/h2-6,9-11,21,23H,1,7-8H2,(H,19,22). The van der Waals surface area contributed by atoms with Gasteiger partial charge in [-0.1, -0.05) is 6.07 Å². The Morgan fingerprint density at radius 3 is 2.96 bits per heavy atom. The quantitative estimate of drug-likeness (QED) is 0.365. The molecule has 0 aliphatic heterocycles. The zero-order valence-corrected chi connectivity index (χ0v) is 13.7. The fourth-order valence-electron chi connectivity index (χ4n) is 2.53. The summed E-state index contributed by atoms with van der Waals surface area (Å²) in [6.45, 7) is 0.806. The first kappa shape index (κ1) is 16.4. The molecule has 7 heteroatoms. The lowest BCUT2D eigenvalue weighted by Gasteiger charge is -2.07. The van der Waals surface area contributed by atoms with E-state index in [2.05, 4.69) is 4.57 Å². The van der Waals surface area contributed by atoms with Crippen LogP contribution in [0.15, 0.2) is 41.1 Å². The van der Waals surface area contributed by atoms with Crippen LogP contribution in [0.3, 0.4) is 0 Å². The van der Waals surface area contributed by atoms with Gasteiger partial charge in [-0.15, -0.1) is 0 Å². The summed E-state index contributed by atoms with van der Waals surface area (Å²) >= 11 is 1.61. The number of carbonyl (C=O) groups excluding carboxylic acids is 1. The van der Waals surface area contributed by atoms with Crippen LogP contribution >= 0.6 is 11.3 Å². The normalized spacial score (nSPS) is 11.4. The lowest BCUT2D eigenvalue weighted by molar-refractivity contribution is -0.124. The van der Waals surface area contributed by atoms with Crippen LogP contribution in [0.4, 0.5) is 0 Å². The summed E-state index contributed by atoms with van der Waals surface area (Å²) in [6.07, 6.45) is 3.52. The van der Waals surface area contributed by atoms with Crippen LogP contribution in [-0.4, -0.2) is 32.4 Å². The van der Waals surface area contributed by atoms with Crippen molar-refractivity contribution >= 4 is 34.4 Å². The van der Waals surface area contributed by atoms with Gasteiger partial charge in [-0.3, -0.25) is 10.0 Å². The lowest BCUT2D eigenvalue weighted by atomic mass is 10.2. The highest BCUT2D eigenvalue weighted by Crippen LogP contribution is 2.27. The Morgan fingerprint density at radius 1 is 1.38 bits per heavy atom. The first-order chi connectivity index (χ1) is 11.7. The molecule has 124 valence electrons. The molecule has 24 heavy (non-hydrogen) atoms. The third-order valence-electron chi connectivity index (χ3n) is 3.63. The minimum Gasteiger partial charge on any atom is -0.396 e. The van der Waals surface area contributed by atoms with Crippen molar-refractivity contribution in [2.24, 2.45) is 0 Å². The zero-order chi connectivity index (χ0) is 16.9. The number of aliphatic hydroxyl groups is 1. The highest BCUT2D eigenvalue weighted by molar-refractivity contribution is 7.08. The van der Waals surface area contributed by atoms with Gasteiger partial charge in [0.05, 0.1) is 11.0 Å². The Kier molecular flexibility index (Phi) is 5.05. The molecule has 0 fully saturated rings. The van der Waals surface area contributed by atoms with Crippen molar-refractivity contribution in [3.63, 3.8) is 0 Å². The van der Waals surface area contributed by atoms with Crippen LogP contribution in [0.5, 0.6) is 0 Å². The van der Waals surface area contributed by atoms with Crippen molar-refractivity contribution in [3.05, 3.63) is 46.7 Å². The van der Waals surface area contributed by atoms with Crippen molar-refractivity contribution in [1.29, 1.82) is 0 Å². The van der Waals surface area contributed by atoms with E-state index >= 15 is 0 Å². The van der Waals surface area contributed by atoms with E-state index in [1.54, 1.807) is 22.9 Å². The number of hydrogen-bond donors (Lipinski definition) is 3. The summed E-state index contributed by atoms with van der Waals surface area (Å²) in [5.74, 6) is 0.288. The predicted octanol–water partition coefficient (Wildman–Crippen LogP) is 2.67. The van der Waals surface area contributed by atoms with Gasteiger partial charge in [-0.2, -0.15) is 11.3 Å². The van der Waals surface area contributed by atoms with E-state index in [9.17, 15) is 4.79 Å². The Bertz CT molecular complexity index is 869. The van der Waals surface area contributed by atoms with Crippen LogP contribution < -0.4 is 5.48 Å². The number of nitrogens with zero attached hydrogens (tertiary/aromatic N) is 2. The van der Waals surface area contributed by atoms with Gasteiger partial charge in [-0.25, -0.2) is 10.5 Å². The molecule has 0 radical (unpaired) electrons. The molecule has 0 unspecified atom stereocenters. The predicted molar refractivity (Wildman–Crippen MR) is 93.7 cm³/mol. The van der Waals surface area contributed by atoms with E-state index in [0.29, 0.717) is 13.0 Å². The molecule has 6 nitrogen and oxygen atoms in total. The summed E-state index contributed by atoms with van der Waals surface area (Å²) < 4.78 is 2.10. The average molecular weight is 343 g/mol. The van der Waals surface area contributed by atoms with Crippen LogP contribution in [0.25, 0.3) is 28.5 Å². The molecule has 3 N–H and O–H groups in total. The van der Waals surface area contributed by atoms with Crippen molar-refractivity contribution in [1.82, 2.24) is 15.0 Å². The van der Waals surface area contributed by atoms with Gasteiger partial charge < -0.3 is 9.67 Å². The second-order valence-corrected chi connectivity index (χ2v) is 6.01. The first-order valence-corrected chi connectivity index (χ1v) is 8.43. The molecule has 0 aliphatic rings. The molecule has 1 aromatic carbocycles. The smallest absolute Gasteiger partial charge is 0.267 e. The number of fused-ring (bicyclic) bond motifs is 1. The summed E-state index contributed by atoms with van der Waals surface area (Å²) in [6, 6.07) is 7.75. The van der Waals surface area contributed by atoms with E-state index in [-0.39, 0.29) is 6.61 Å². The number of benzene rings is 1. The van der Waals surface area contributed by atoms with Crippen molar-refractivity contribution in [2.75, 3.05) is 6.61 Å². The third kappa shape index (κ3) is 3.38. The molecule has 0 bridgehead atoms. The number of thiophene rings is 1. The molecule has 0 aliphatic carbocycles. The number of aliphatic hydroxyl groups excluding tert-OH is 1. The Labute approximate surface area is 142 Å². The summed E-state index contributed by atoms with van der Waals surface area (Å²) in [5, 5.41) is 21.7. The van der Waals surface area contributed by atoms with Gasteiger partial charge in [0.25, 0.3) is 5.91 Å². The Balaban J connectivity index is 2.04. The third-order valence-corrected chi connectivity index (χ3v) is 4.31. The summed E-state index contributed by atoms with van der Waals surface area (Å²) in [7, 11) is 0. The maximum Gasteiger partial charge on any atom is 0.267 e. The van der Waals surface area contributed by atoms with Crippen molar-refractivity contribution < 1.29 is 15.1 Å². The van der Waals surface area contributed by atoms with Crippen LogP contribution in [0, 0.1) is 0 Å². The van der Waals surface area contributed by atoms with E-state index in [1.807, 2.05) is 35.0 Å². The summed E-state index contributed by atoms with van der Waals surface area (Å²) in [5.41, 5.74) is 5.22. The van der Waals surface area contributed by atoms with Gasteiger partial charge in [0, 0.05) is 30.2 Å².